The Morgan fingerprint density at radius 3 is 2.90 bits per heavy atom. The average molecular weight is 397 g/mol. The Kier molecular flexibility index (Phi) is 6.15. The van der Waals surface area contributed by atoms with Crippen LogP contribution in [-0.4, -0.2) is 49.1 Å². The van der Waals surface area contributed by atoms with Crippen LogP contribution in [0, 0.1) is 0 Å². The molecular formula is C19H27N9O. The van der Waals surface area contributed by atoms with E-state index < -0.39 is 0 Å². The van der Waals surface area contributed by atoms with E-state index in [4.69, 9.17) is 17.3 Å². The number of benzene rings is 1. The molecular weight excluding hydrogens is 370 g/mol. The van der Waals surface area contributed by atoms with Crippen molar-refractivity contribution in [2.24, 2.45) is 17.3 Å². The number of likely N-dealkylation sites (N-methyl/N-ethyl adjacent to an activating group) is 1. The van der Waals surface area contributed by atoms with Crippen LogP contribution in [0.4, 0.5) is 23.1 Å². The molecule has 1 aromatic heterocycles. The highest BCUT2D eigenvalue weighted by Crippen LogP contribution is 2.28. The minimum Gasteiger partial charge on any atom is -0.400 e. The van der Waals surface area contributed by atoms with Gasteiger partial charge in [0.15, 0.2) is 0 Å². The number of hydrogen-bond donors (Lipinski definition) is 4. The Morgan fingerprint density at radius 1 is 1.38 bits per heavy atom. The maximum atomic E-state index is 13.3. The van der Waals surface area contributed by atoms with Gasteiger partial charge in [-0.05, 0) is 25.1 Å². The summed E-state index contributed by atoms with van der Waals surface area (Å²) >= 11 is 0. The first-order chi connectivity index (χ1) is 13.9. The van der Waals surface area contributed by atoms with Gasteiger partial charge in [-0.15, -0.1) is 0 Å². The van der Waals surface area contributed by atoms with Crippen molar-refractivity contribution in [3.63, 3.8) is 0 Å². The number of hydrogen-bond acceptors (Lipinski definition) is 9. The fraction of sp³-hybridized carbons (Fsp3) is 0.316. The number of anilines is 4. The Labute approximate surface area is 169 Å². The molecule has 0 fully saturated rings. The molecule has 3 rings (SSSR count). The first kappa shape index (κ1) is 20.4. The predicted molar refractivity (Wildman–Crippen MR) is 116 cm³/mol. The van der Waals surface area contributed by atoms with Crippen LogP contribution in [0.5, 0.6) is 0 Å². The molecule has 1 aliphatic heterocycles. The summed E-state index contributed by atoms with van der Waals surface area (Å²) in [4.78, 5) is 25.7. The lowest BCUT2D eigenvalue weighted by molar-refractivity contribution is 0.0989. The molecule has 2 aromatic rings. The van der Waals surface area contributed by atoms with Gasteiger partial charge in [-0.1, -0.05) is 6.07 Å². The Hall–Kier alpha value is -3.37. The first-order valence-electron chi connectivity index (χ1n) is 9.38. The number of amides is 1. The summed E-state index contributed by atoms with van der Waals surface area (Å²) in [5.41, 5.74) is 13.6. The van der Waals surface area contributed by atoms with E-state index in [9.17, 15) is 4.79 Å². The fourth-order valence-electron chi connectivity index (χ4n) is 3.03. The Morgan fingerprint density at radius 2 is 2.17 bits per heavy atom. The van der Waals surface area contributed by atoms with E-state index in [1.54, 1.807) is 17.3 Å². The van der Waals surface area contributed by atoms with Crippen LogP contribution in [-0.2, 0) is 0 Å². The molecule has 0 unspecified atom stereocenters. The fourth-order valence-corrected chi connectivity index (χ4v) is 3.03. The lowest BCUT2D eigenvalue weighted by Crippen LogP contribution is -2.34. The molecule has 1 aromatic carbocycles. The third-order valence-corrected chi connectivity index (χ3v) is 4.58. The van der Waals surface area contributed by atoms with Crippen LogP contribution >= 0.6 is 0 Å². The number of carbonyl (C=O) groups is 1. The Balaban J connectivity index is 1.94. The topological polar surface area (TPSA) is 143 Å². The zero-order chi connectivity index (χ0) is 21.0. The van der Waals surface area contributed by atoms with Crippen LogP contribution in [0.25, 0.3) is 0 Å². The lowest BCUT2D eigenvalue weighted by Gasteiger charge is -2.23. The standard InChI is InChI=1S/C19H27N9O/c1-3-23-19-24-11-16-17(25-19)26(2)7-8-27(18(16)29)14-5-4-6-15(9-14)28(22)12-13(21)10-20/h4-6,9,11-12H,3,7-8,10,20-22H2,1-2H3,(H,23,24,25)/b13-12-. The molecule has 0 radical (unpaired) electrons. The highest BCUT2D eigenvalue weighted by molar-refractivity contribution is 6.09. The van der Waals surface area contributed by atoms with E-state index in [1.807, 2.05) is 43.1 Å². The number of hydrazine groups is 1. The van der Waals surface area contributed by atoms with Crippen LogP contribution < -0.4 is 37.4 Å². The highest BCUT2D eigenvalue weighted by Gasteiger charge is 2.28. The molecule has 7 N–H and O–H groups in total. The molecule has 0 saturated heterocycles. The summed E-state index contributed by atoms with van der Waals surface area (Å²) in [6.45, 7) is 3.99. The van der Waals surface area contributed by atoms with Gasteiger partial charge in [0, 0.05) is 57.0 Å². The number of nitrogens with two attached hydrogens (primary N) is 3. The summed E-state index contributed by atoms with van der Waals surface area (Å²) < 4.78 is 0. The van der Waals surface area contributed by atoms with E-state index in [0.29, 0.717) is 48.3 Å². The second-order valence-electron chi connectivity index (χ2n) is 6.67. The maximum absolute atomic E-state index is 13.3. The number of fused-ring (bicyclic) bond motifs is 1. The SMILES string of the molecule is CCNc1ncc2c(n1)N(C)CCN(c1cccc(N(N)/C=C(\N)CN)c1)C2=O. The summed E-state index contributed by atoms with van der Waals surface area (Å²) in [7, 11) is 1.91. The van der Waals surface area contributed by atoms with Crippen LogP contribution in [0.3, 0.4) is 0 Å². The van der Waals surface area contributed by atoms with Crippen molar-refractivity contribution in [2.45, 2.75) is 6.92 Å². The molecule has 0 saturated carbocycles. The summed E-state index contributed by atoms with van der Waals surface area (Å²) in [6, 6.07) is 7.36. The maximum Gasteiger partial charge on any atom is 0.263 e. The van der Waals surface area contributed by atoms with E-state index in [2.05, 4.69) is 15.3 Å². The van der Waals surface area contributed by atoms with E-state index in [-0.39, 0.29) is 12.5 Å². The number of aromatic nitrogens is 2. The second kappa shape index (κ2) is 8.76. The zero-order valence-corrected chi connectivity index (χ0v) is 16.7. The van der Waals surface area contributed by atoms with Crippen LogP contribution in [0.15, 0.2) is 42.4 Å². The molecule has 1 aliphatic rings. The molecule has 0 aliphatic carbocycles. The minimum absolute atomic E-state index is 0.162. The lowest BCUT2D eigenvalue weighted by atomic mass is 10.2. The van der Waals surface area contributed by atoms with Crippen molar-refractivity contribution >= 4 is 29.0 Å². The van der Waals surface area contributed by atoms with Gasteiger partial charge < -0.3 is 26.6 Å². The highest BCUT2D eigenvalue weighted by atomic mass is 16.2. The predicted octanol–water partition coefficient (Wildman–Crippen LogP) is 0.444. The van der Waals surface area contributed by atoms with Gasteiger partial charge in [-0.25, -0.2) is 10.8 Å². The number of carbonyl (C=O) groups excluding carboxylic acids is 1. The first-order valence-corrected chi connectivity index (χ1v) is 9.38. The van der Waals surface area contributed by atoms with Crippen molar-refractivity contribution < 1.29 is 4.79 Å². The van der Waals surface area contributed by atoms with Gasteiger partial charge in [0.1, 0.15) is 11.4 Å². The second-order valence-corrected chi connectivity index (χ2v) is 6.67. The summed E-state index contributed by atoms with van der Waals surface area (Å²) in [5, 5.41) is 4.47. The molecule has 10 nitrogen and oxygen atoms in total. The van der Waals surface area contributed by atoms with E-state index in [0.717, 1.165) is 5.69 Å². The summed E-state index contributed by atoms with van der Waals surface area (Å²) in [6.07, 6.45) is 3.13. The molecule has 0 atom stereocenters. The van der Waals surface area contributed by atoms with Gasteiger partial charge in [0.2, 0.25) is 5.95 Å². The van der Waals surface area contributed by atoms with Crippen LogP contribution in [0.1, 0.15) is 17.3 Å². The van der Waals surface area contributed by atoms with Crippen molar-refractivity contribution in [3.8, 4) is 0 Å². The third kappa shape index (κ3) is 4.39. The third-order valence-electron chi connectivity index (χ3n) is 4.58. The normalized spacial score (nSPS) is 14.5. The largest absolute Gasteiger partial charge is 0.400 e. The van der Waals surface area contributed by atoms with E-state index >= 15 is 0 Å². The van der Waals surface area contributed by atoms with Crippen molar-refractivity contribution in [3.05, 3.63) is 47.9 Å². The molecule has 0 bridgehead atoms. The molecule has 0 spiro atoms. The summed E-state index contributed by atoms with van der Waals surface area (Å²) in [5.74, 6) is 7.01. The number of nitrogens with one attached hydrogen (secondary N) is 1. The van der Waals surface area contributed by atoms with Crippen molar-refractivity contribution in [1.29, 1.82) is 0 Å². The zero-order valence-electron chi connectivity index (χ0n) is 16.7. The molecule has 29 heavy (non-hydrogen) atoms. The molecule has 10 heteroatoms. The minimum atomic E-state index is -0.162. The molecule has 154 valence electrons. The van der Waals surface area contributed by atoms with Gasteiger partial charge >= 0.3 is 0 Å². The van der Waals surface area contributed by atoms with Gasteiger partial charge in [0.05, 0.1) is 5.69 Å². The number of nitrogens with zero attached hydrogens (tertiary/aromatic N) is 5. The van der Waals surface area contributed by atoms with Crippen molar-refractivity contribution in [2.75, 3.05) is 53.4 Å². The van der Waals surface area contributed by atoms with E-state index in [1.165, 1.54) is 5.01 Å². The van der Waals surface area contributed by atoms with Crippen molar-refractivity contribution in [1.82, 2.24) is 9.97 Å². The average Bonchev–Trinajstić information content (AvgIpc) is 2.85. The molecule has 2 heterocycles. The van der Waals surface area contributed by atoms with Gasteiger partial charge in [0.25, 0.3) is 5.91 Å². The smallest absolute Gasteiger partial charge is 0.263 e. The number of rotatable bonds is 6. The molecule has 1 amide bonds. The quantitative estimate of drug-likeness (QED) is 0.403. The monoisotopic (exact) mass is 397 g/mol. The van der Waals surface area contributed by atoms with Crippen LogP contribution in [0.2, 0.25) is 0 Å². The van der Waals surface area contributed by atoms with Gasteiger partial charge in [-0.3, -0.25) is 9.80 Å². The Bertz CT molecular complexity index is 914. The van der Waals surface area contributed by atoms with Gasteiger partial charge in [-0.2, -0.15) is 4.98 Å².